The number of benzene rings is 1. The number of aromatic amines is 1. The van der Waals surface area contributed by atoms with Gasteiger partial charge in [-0.05, 0) is 55.0 Å². The second kappa shape index (κ2) is 6.33. The molecule has 2 atom stereocenters. The molecule has 3 N–H and O–H groups in total. The summed E-state index contributed by atoms with van der Waals surface area (Å²) < 4.78 is 1.01. The SMILES string of the molecule is CC1(c2nc3nnc(-c4ccc(-c5cn[nH]c5)cc4O)cc3s2)CC12CCCNC2. The third-order valence-corrected chi connectivity index (χ3v) is 8.20. The van der Waals surface area contributed by atoms with Crippen molar-refractivity contribution in [3.05, 3.63) is 41.7 Å². The van der Waals surface area contributed by atoms with Crippen LogP contribution in [0.1, 0.15) is 31.2 Å². The molecule has 1 aliphatic carbocycles. The Hall–Kier alpha value is -2.84. The molecule has 8 heteroatoms. The number of aromatic nitrogens is 5. The zero-order valence-electron chi connectivity index (χ0n) is 16.6. The van der Waals surface area contributed by atoms with Gasteiger partial charge in [-0.1, -0.05) is 13.0 Å². The van der Waals surface area contributed by atoms with Crippen LogP contribution >= 0.6 is 11.3 Å². The van der Waals surface area contributed by atoms with Gasteiger partial charge in [0, 0.05) is 29.3 Å². The molecule has 7 nitrogen and oxygen atoms in total. The first-order chi connectivity index (χ1) is 14.6. The van der Waals surface area contributed by atoms with E-state index < -0.39 is 0 Å². The summed E-state index contributed by atoms with van der Waals surface area (Å²) in [5, 5.41) is 30.8. The van der Waals surface area contributed by atoms with Crippen LogP contribution in [0.15, 0.2) is 36.7 Å². The van der Waals surface area contributed by atoms with Crippen molar-refractivity contribution in [3.63, 3.8) is 0 Å². The summed E-state index contributed by atoms with van der Waals surface area (Å²) in [6, 6.07) is 7.55. The van der Waals surface area contributed by atoms with Gasteiger partial charge >= 0.3 is 0 Å². The van der Waals surface area contributed by atoms with Gasteiger partial charge in [0.1, 0.15) is 10.8 Å². The molecule has 4 heterocycles. The fourth-order valence-corrected chi connectivity index (χ4v) is 6.18. The highest BCUT2D eigenvalue weighted by atomic mass is 32.1. The van der Waals surface area contributed by atoms with Gasteiger partial charge < -0.3 is 10.4 Å². The minimum Gasteiger partial charge on any atom is -0.507 e. The van der Waals surface area contributed by atoms with Gasteiger partial charge in [0.05, 0.1) is 16.6 Å². The highest BCUT2D eigenvalue weighted by Crippen LogP contribution is 2.67. The number of phenols is 1. The summed E-state index contributed by atoms with van der Waals surface area (Å²) in [5.74, 6) is 0.175. The van der Waals surface area contributed by atoms with Crippen LogP contribution in [-0.2, 0) is 5.41 Å². The van der Waals surface area contributed by atoms with E-state index in [0.717, 1.165) is 33.9 Å². The first kappa shape index (κ1) is 18.0. The Labute approximate surface area is 177 Å². The van der Waals surface area contributed by atoms with Crippen LogP contribution in [0.4, 0.5) is 0 Å². The van der Waals surface area contributed by atoms with Crippen molar-refractivity contribution in [2.45, 2.75) is 31.6 Å². The molecule has 6 rings (SSSR count). The fraction of sp³-hybridized carbons (Fsp3) is 0.364. The van der Waals surface area contributed by atoms with Crippen LogP contribution in [0.5, 0.6) is 5.75 Å². The number of nitrogens with zero attached hydrogens (tertiary/aromatic N) is 4. The van der Waals surface area contributed by atoms with Gasteiger partial charge in [0.2, 0.25) is 0 Å². The summed E-state index contributed by atoms with van der Waals surface area (Å²) >= 11 is 1.71. The van der Waals surface area contributed by atoms with Crippen molar-refractivity contribution in [1.82, 2.24) is 30.7 Å². The number of rotatable bonds is 3. The van der Waals surface area contributed by atoms with Crippen LogP contribution in [0.2, 0.25) is 0 Å². The van der Waals surface area contributed by atoms with Crippen LogP contribution in [0, 0.1) is 5.41 Å². The van der Waals surface area contributed by atoms with E-state index in [2.05, 4.69) is 32.6 Å². The van der Waals surface area contributed by atoms with Gasteiger partial charge in [-0.25, -0.2) is 4.98 Å². The fourth-order valence-electron chi connectivity index (χ4n) is 4.97. The van der Waals surface area contributed by atoms with E-state index in [0.29, 0.717) is 22.3 Å². The highest BCUT2D eigenvalue weighted by molar-refractivity contribution is 7.18. The summed E-state index contributed by atoms with van der Waals surface area (Å²) in [6.45, 7) is 4.54. The minimum atomic E-state index is 0.125. The standard InChI is InChI=1S/C22H22N6OS/c1-21(11-22(21)5-2-6-23-12-22)20-26-19-18(30-20)8-16(27-28-19)15-4-3-13(7-17(15)29)14-9-24-25-10-14/h3-4,7-10,23,29H,2,5-6,11-12H2,1H3,(H,24,25). The normalized spacial score (nSPS) is 25.8. The molecule has 1 saturated carbocycles. The molecule has 30 heavy (non-hydrogen) atoms. The molecule has 0 radical (unpaired) electrons. The van der Waals surface area contributed by atoms with E-state index in [1.165, 1.54) is 19.3 Å². The molecule has 2 aliphatic rings. The van der Waals surface area contributed by atoms with Gasteiger partial charge in [-0.3, -0.25) is 5.10 Å². The van der Waals surface area contributed by atoms with Crippen LogP contribution < -0.4 is 5.32 Å². The summed E-state index contributed by atoms with van der Waals surface area (Å²) in [6.07, 6.45) is 7.21. The number of hydrogen-bond donors (Lipinski definition) is 3. The number of aromatic hydroxyl groups is 1. The Bertz CT molecular complexity index is 1240. The first-order valence-electron chi connectivity index (χ1n) is 10.3. The van der Waals surface area contributed by atoms with Gasteiger partial charge in [-0.2, -0.15) is 5.10 Å². The van der Waals surface area contributed by atoms with Crippen molar-refractivity contribution in [1.29, 1.82) is 0 Å². The lowest BCUT2D eigenvalue weighted by Gasteiger charge is -2.26. The van der Waals surface area contributed by atoms with E-state index in [1.807, 2.05) is 18.2 Å². The molecule has 1 aliphatic heterocycles. The predicted molar refractivity (Wildman–Crippen MR) is 116 cm³/mol. The summed E-state index contributed by atoms with van der Waals surface area (Å²) in [7, 11) is 0. The second-order valence-electron chi connectivity index (χ2n) is 8.72. The van der Waals surface area contributed by atoms with Crippen molar-refractivity contribution < 1.29 is 5.11 Å². The summed E-state index contributed by atoms with van der Waals surface area (Å²) in [5.41, 5.74) is 4.31. The maximum Gasteiger partial charge on any atom is 0.192 e. The zero-order valence-corrected chi connectivity index (χ0v) is 17.5. The summed E-state index contributed by atoms with van der Waals surface area (Å²) in [4.78, 5) is 4.85. The number of thiazole rings is 1. The highest BCUT2D eigenvalue weighted by Gasteiger charge is 2.66. The average Bonchev–Trinajstić information content (AvgIpc) is 3.21. The Morgan fingerprint density at radius 1 is 1.17 bits per heavy atom. The van der Waals surface area contributed by atoms with Crippen LogP contribution in [0.3, 0.4) is 0 Å². The maximum atomic E-state index is 10.6. The molecule has 1 aromatic carbocycles. The topological polar surface area (TPSA) is 99.6 Å². The van der Waals surface area contributed by atoms with Gasteiger partial charge in [0.25, 0.3) is 0 Å². The molecular weight excluding hydrogens is 396 g/mol. The lowest BCUT2D eigenvalue weighted by molar-refractivity contribution is 0.316. The number of H-pyrrole nitrogens is 1. The zero-order chi connectivity index (χ0) is 20.3. The lowest BCUT2D eigenvalue weighted by atomic mass is 9.87. The van der Waals surface area contributed by atoms with Crippen molar-refractivity contribution in [3.8, 4) is 28.1 Å². The monoisotopic (exact) mass is 418 g/mol. The molecule has 1 saturated heterocycles. The Morgan fingerprint density at radius 3 is 2.87 bits per heavy atom. The van der Waals surface area contributed by atoms with E-state index in [-0.39, 0.29) is 11.2 Å². The van der Waals surface area contributed by atoms with Crippen LogP contribution in [0.25, 0.3) is 32.7 Å². The number of hydrogen-bond acceptors (Lipinski definition) is 7. The third-order valence-electron chi connectivity index (χ3n) is 6.94. The van der Waals surface area contributed by atoms with E-state index in [1.54, 1.807) is 29.8 Å². The second-order valence-corrected chi connectivity index (χ2v) is 9.76. The molecule has 1 spiro atoms. The maximum absolute atomic E-state index is 10.6. The Balaban J connectivity index is 1.35. The number of phenolic OH excluding ortho intramolecular Hbond substituents is 1. The lowest BCUT2D eigenvalue weighted by Crippen LogP contribution is -2.35. The minimum absolute atomic E-state index is 0.125. The molecule has 0 amide bonds. The number of nitrogens with one attached hydrogen (secondary N) is 2. The predicted octanol–water partition coefficient (Wildman–Crippen LogP) is 3.88. The first-order valence-corrected chi connectivity index (χ1v) is 11.1. The van der Waals surface area contributed by atoms with E-state index >= 15 is 0 Å². The van der Waals surface area contributed by atoms with Crippen molar-refractivity contribution in [2.75, 3.05) is 13.1 Å². The van der Waals surface area contributed by atoms with Gasteiger partial charge in [-0.15, -0.1) is 21.5 Å². The molecule has 3 aromatic heterocycles. The van der Waals surface area contributed by atoms with Gasteiger partial charge in [0.15, 0.2) is 5.65 Å². The van der Waals surface area contributed by atoms with E-state index in [4.69, 9.17) is 4.98 Å². The Kier molecular flexibility index (Phi) is 3.79. The van der Waals surface area contributed by atoms with E-state index in [9.17, 15) is 5.11 Å². The molecule has 4 aromatic rings. The smallest absolute Gasteiger partial charge is 0.192 e. The molecule has 2 unspecified atom stereocenters. The number of piperidine rings is 1. The molecular formula is C22H22N6OS. The average molecular weight is 419 g/mol. The molecule has 152 valence electrons. The number of fused-ring (bicyclic) bond motifs is 1. The quantitative estimate of drug-likeness (QED) is 0.467. The van der Waals surface area contributed by atoms with Crippen LogP contribution in [-0.4, -0.2) is 43.6 Å². The Morgan fingerprint density at radius 2 is 2.10 bits per heavy atom. The van der Waals surface area contributed by atoms with Crippen molar-refractivity contribution in [2.24, 2.45) is 5.41 Å². The molecule has 0 bridgehead atoms. The third kappa shape index (κ3) is 2.60. The molecule has 2 fully saturated rings. The van der Waals surface area contributed by atoms with Crippen molar-refractivity contribution >= 4 is 21.7 Å². The largest absolute Gasteiger partial charge is 0.507 e.